The second kappa shape index (κ2) is 5.60. The summed E-state index contributed by atoms with van der Waals surface area (Å²) in [7, 11) is 1.65. The van der Waals surface area contributed by atoms with Crippen LogP contribution in [-0.2, 0) is 0 Å². The molecule has 108 valence electrons. The third-order valence-corrected chi connectivity index (χ3v) is 3.37. The molecule has 0 saturated heterocycles. The summed E-state index contributed by atoms with van der Waals surface area (Å²) in [5, 5.41) is 18.6. The van der Waals surface area contributed by atoms with Gasteiger partial charge in [0, 0.05) is 25.2 Å². The van der Waals surface area contributed by atoms with Gasteiger partial charge in [-0.25, -0.2) is 4.98 Å². The van der Waals surface area contributed by atoms with Gasteiger partial charge in [0.1, 0.15) is 11.3 Å². The van der Waals surface area contributed by atoms with Gasteiger partial charge in [0.15, 0.2) is 0 Å². The van der Waals surface area contributed by atoms with Crippen molar-refractivity contribution in [1.29, 1.82) is 0 Å². The predicted molar refractivity (Wildman–Crippen MR) is 74.4 cm³/mol. The Balaban J connectivity index is 2.23. The molecular weight excluding hydrogens is 258 g/mol. The summed E-state index contributed by atoms with van der Waals surface area (Å²) in [4.78, 5) is 18.1. The van der Waals surface area contributed by atoms with Crippen LogP contribution in [0.1, 0.15) is 17.4 Å². The molecule has 2 rings (SSSR count). The van der Waals surface area contributed by atoms with Crippen LogP contribution in [0.4, 0.5) is 0 Å². The third-order valence-electron chi connectivity index (χ3n) is 3.37. The third kappa shape index (κ3) is 2.66. The number of amides is 1. The lowest BCUT2D eigenvalue weighted by Crippen LogP contribution is -2.42. The lowest BCUT2D eigenvalue weighted by molar-refractivity contribution is 0.0363. The van der Waals surface area contributed by atoms with Crippen molar-refractivity contribution in [2.75, 3.05) is 26.8 Å². The molecule has 6 nitrogen and oxygen atoms in total. The van der Waals surface area contributed by atoms with E-state index in [1.54, 1.807) is 24.6 Å². The van der Waals surface area contributed by atoms with Crippen LogP contribution >= 0.6 is 0 Å². The highest BCUT2D eigenvalue weighted by molar-refractivity contribution is 5.93. The summed E-state index contributed by atoms with van der Waals surface area (Å²) in [6, 6.07) is 5.51. The number of fused-ring (bicyclic) bond motifs is 1. The molecule has 0 unspecified atom stereocenters. The Labute approximate surface area is 117 Å². The summed E-state index contributed by atoms with van der Waals surface area (Å²) in [6.45, 7) is 1.62. The van der Waals surface area contributed by atoms with Crippen LogP contribution in [0.5, 0.6) is 0 Å². The average Bonchev–Trinajstić information content (AvgIpc) is 2.90. The van der Waals surface area contributed by atoms with Gasteiger partial charge in [-0.15, -0.1) is 0 Å². The first-order chi connectivity index (χ1) is 9.50. The predicted octanol–water partition coefficient (Wildman–Crippen LogP) is 0.397. The van der Waals surface area contributed by atoms with Gasteiger partial charge in [0.05, 0.1) is 19.4 Å². The number of aliphatic hydroxyl groups excluding tert-OH is 2. The largest absolute Gasteiger partial charge is 0.396 e. The minimum absolute atomic E-state index is 0.186. The Bertz CT molecular complexity index is 604. The molecule has 0 radical (unpaired) electrons. The zero-order chi connectivity index (χ0) is 14.8. The van der Waals surface area contributed by atoms with Gasteiger partial charge in [0.2, 0.25) is 0 Å². The zero-order valence-electron chi connectivity index (χ0n) is 11.7. The van der Waals surface area contributed by atoms with E-state index in [9.17, 15) is 15.0 Å². The minimum Gasteiger partial charge on any atom is -0.396 e. The number of rotatable bonds is 5. The first-order valence-electron chi connectivity index (χ1n) is 6.40. The van der Waals surface area contributed by atoms with Crippen molar-refractivity contribution in [3.05, 3.63) is 36.3 Å². The molecule has 2 heterocycles. The summed E-state index contributed by atoms with van der Waals surface area (Å²) in [5.74, 6) is -0.197. The Morgan fingerprint density at radius 3 is 2.75 bits per heavy atom. The first-order valence-corrected chi connectivity index (χ1v) is 6.40. The molecule has 0 aliphatic carbocycles. The topological polar surface area (TPSA) is 78.1 Å². The van der Waals surface area contributed by atoms with E-state index in [1.165, 1.54) is 11.1 Å². The van der Waals surface area contributed by atoms with E-state index in [-0.39, 0.29) is 25.7 Å². The summed E-state index contributed by atoms with van der Waals surface area (Å²) in [5.41, 5.74) is 0.447. The maximum atomic E-state index is 12.4. The smallest absolute Gasteiger partial charge is 0.272 e. The van der Waals surface area contributed by atoms with Crippen molar-refractivity contribution in [2.24, 2.45) is 5.41 Å². The standard InChI is InChI=1S/C14H19N3O3/c1-14(9-18,10-19)8-16(2)13(20)11-7-15-12-5-3-4-6-17(11)12/h3-7,18-19H,8-10H2,1-2H3. The summed E-state index contributed by atoms with van der Waals surface area (Å²) >= 11 is 0. The molecule has 2 aromatic rings. The fraction of sp³-hybridized carbons (Fsp3) is 0.429. The number of aliphatic hydroxyl groups is 2. The van der Waals surface area contributed by atoms with Crippen molar-refractivity contribution < 1.29 is 15.0 Å². The van der Waals surface area contributed by atoms with Crippen LogP contribution in [0, 0.1) is 5.41 Å². The van der Waals surface area contributed by atoms with E-state index in [1.807, 2.05) is 18.2 Å². The number of hydrogen-bond acceptors (Lipinski definition) is 4. The zero-order valence-corrected chi connectivity index (χ0v) is 11.7. The summed E-state index contributed by atoms with van der Waals surface area (Å²) < 4.78 is 1.72. The van der Waals surface area contributed by atoms with Gasteiger partial charge in [-0.3, -0.25) is 9.20 Å². The fourth-order valence-corrected chi connectivity index (χ4v) is 2.08. The highest BCUT2D eigenvalue weighted by Gasteiger charge is 2.27. The number of carbonyl (C=O) groups is 1. The summed E-state index contributed by atoms with van der Waals surface area (Å²) in [6.07, 6.45) is 3.31. The van der Waals surface area contributed by atoms with E-state index < -0.39 is 5.41 Å². The number of hydrogen-bond donors (Lipinski definition) is 2. The van der Waals surface area contributed by atoms with Crippen LogP contribution in [0.2, 0.25) is 0 Å². The van der Waals surface area contributed by atoms with Gasteiger partial charge >= 0.3 is 0 Å². The molecule has 0 spiro atoms. The van der Waals surface area contributed by atoms with E-state index in [2.05, 4.69) is 4.98 Å². The van der Waals surface area contributed by atoms with Crippen molar-refractivity contribution in [1.82, 2.24) is 14.3 Å². The van der Waals surface area contributed by atoms with Gasteiger partial charge in [-0.05, 0) is 12.1 Å². The molecule has 0 aliphatic rings. The van der Waals surface area contributed by atoms with Gasteiger partial charge in [0.25, 0.3) is 5.91 Å². The second-order valence-electron chi connectivity index (χ2n) is 5.36. The van der Waals surface area contributed by atoms with Crippen LogP contribution in [0.3, 0.4) is 0 Å². The van der Waals surface area contributed by atoms with E-state index in [0.29, 0.717) is 11.3 Å². The van der Waals surface area contributed by atoms with Crippen molar-refractivity contribution in [3.8, 4) is 0 Å². The molecule has 20 heavy (non-hydrogen) atoms. The Kier molecular flexibility index (Phi) is 4.06. The highest BCUT2D eigenvalue weighted by Crippen LogP contribution is 2.17. The fourth-order valence-electron chi connectivity index (χ4n) is 2.08. The molecule has 0 aromatic carbocycles. The maximum absolute atomic E-state index is 12.4. The molecule has 0 bridgehead atoms. The van der Waals surface area contributed by atoms with Crippen LogP contribution in [0.15, 0.2) is 30.6 Å². The molecular formula is C14H19N3O3. The monoisotopic (exact) mass is 277 g/mol. The Morgan fingerprint density at radius 2 is 2.10 bits per heavy atom. The second-order valence-corrected chi connectivity index (χ2v) is 5.36. The van der Waals surface area contributed by atoms with Crippen molar-refractivity contribution >= 4 is 11.6 Å². The first kappa shape index (κ1) is 14.5. The van der Waals surface area contributed by atoms with E-state index >= 15 is 0 Å². The normalized spacial score (nSPS) is 11.8. The van der Waals surface area contributed by atoms with Gasteiger partial charge in [-0.2, -0.15) is 0 Å². The lowest BCUT2D eigenvalue weighted by atomic mass is 9.92. The van der Waals surface area contributed by atoms with Gasteiger partial charge in [-0.1, -0.05) is 13.0 Å². The average molecular weight is 277 g/mol. The van der Waals surface area contributed by atoms with Crippen LogP contribution < -0.4 is 0 Å². The van der Waals surface area contributed by atoms with Crippen molar-refractivity contribution in [3.63, 3.8) is 0 Å². The van der Waals surface area contributed by atoms with E-state index in [0.717, 1.165) is 0 Å². The van der Waals surface area contributed by atoms with Gasteiger partial charge < -0.3 is 15.1 Å². The Morgan fingerprint density at radius 1 is 1.40 bits per heavy atom. The number of imidazole rings is 1. The minimum atomic E-state index is -0.717. The van der Waals surface area contributed by atoms with Crippen LogP contribution in [-0.4, -0.2) is 57.2 Å². The molecule has 0 aliphatic heterocycles. The number of pyridine rings is 1. The number of carbonyl (C=O) groups excluding carboxylic acids is 1. The molecule has 2 N–H and O–H groups in total. The number of nitrogens with zero attached hydrogens (tertiary/aromatic N) is 3. The van der Waals surface area contributed by atoms with E-state index in [4.69, 9.17) is 0 Å². The van der Waals surface area contributed by atoms with Crippen LogP contribution in [0.25, 0.3) is 5.65 Å². The quantitative estimate of drug-likeness (QED) is 0.829. The SMILES string of the molecule is CN(CC(C)(CO)CO)C(=O)c1cnc2ccccn12. The lowest BCUT2D eigenvalue weighted by Gasteiger charge is -2.30. The molecule has 0 atom stereocenters. The molecule has 6 heteroatoms. The number of aromatic nitrogens is 2. The molecule has 1 amide bonds. The molecule has 0 fully saturated rings. The molecule has 0 saturated carbocycles. The highest BCUT2D eigenvalue weighted by atomic mass is 16.3. The maximum Gasteiger partial charge on any atom is 0.272 e. The van der Waals surface area contributed by atoms with Crippen molar-refractivity contribution in [2.45, 2.75) is 6.92 Å². The molecule has 2 aromatic heterocycles. The Hall–Kier alpha value is -1.92.